The standard InChI is InChI=1S/C35H32BrFN6O4/c1-21-17-23(7-14-28(21)36)34(45)40-20-31-32(33(44)38-18-27-29(37)5-3-6-30(27)42-16-4-15-39-42)43(35(46)41(31)19-22(40)2)24-8-10-25(11-9-24)47-26-12-13-26/h3-11,14-17,22,26H,12-13,18-20H2,1-2H3,(H,38,44). The second-order valence-electron chi connectivity index (χ2n) is 12.0. The highest BCUT2D eigenvalue weighted by atomic mass is 79.9. The number of fused-ring (bicyclic) bond motifs is 1. The number of hydrogen-bond acceptors (Lipinski definition) is 5. The second-order valence-corrected chi connectivity index (χ2v) is 12.8. The zero-order chi connectivity index (χ0) is 32.8. The maximum absolute atomic E-state index is 15.1. The van der Waals surface area contributed by atoms with Gasteiger partial charge in [0.2, 0.25) is 0 Å². The van der Waals surface area contributed by atoms with Crippen molar-refractivity contribution in [2.75, 3.05) is 0 Å². The zero-order valence-electron chi connectivity index (χ0n) is 25.8. The highest BCUT2D eigenvalue weighted by molar-refractivity contribution is 9.10. The zero-order valence-corrected chi connectivity index (χ0v) is 27.4. The maximum Gasteiger partial charge on any atom is 0.333 e. The first-order chi connectivity index (χ1) is 22.7. The summed E-state index contributed by atoms with van der Waals surface area (Å²) in [5.74, 6) is -0.607. The molecule has 0 saturated heterocycles. The summed E-state index contributed by atoms with van der Waals surface area (Å²) in [6.07, 6.45) is 5.50. The normalized spacial score (nSPS) is 15.7. The van der Waals surface area contributed by atoms with E-state index in [0.717, 1.165) is 22.9 Å². The van der Waals surface area contributed by atoms with Gasteiger partial charge in [-0.05, 0) is 92.9 Å². The van der Waals surface area contributed by atoms with Crippen LogP contribution in [0.25, 0.3) is 11.4 Å². The molecule has 1 saturated carbocycles. The number of carbonyl (C=O) groups is 2. The molecule has 1 fully saturated rings. The van der Waals surface area contributed by atoms with E-state index in [0.29, 0.717) is 28.4 Å². The van der Waals surface area contributed by atoms with E-state index >= 15 is 4.39 Å². The van der Waals surface area contributed by atoms with Gasteiger partial charge in [-0.2, -0.15) is 5.10 Å². The highest BCUT2D eigenvalue weighted by Gasteiger charge is 2.35. The summed E-state index contributed by atoms with van der Waals surface area (Å²) in [4.78, 5) is 43.7. The van der Waals surface area contributed by atoms with Gasteiger partial charge < -0.3 is 15.0 Å². The number of ether oxygens (including phenoxy) is 1. The first-order valence-corrected chi connectivity index (χ1v) is 16.2. The van der Waals surface area contributed by atoms with Crippen molar-refractivity contribution < 1.29 is 18.7 Å². The third-order valence-corrected chi connectivity index (χ3v) is 9.51. The van der Waals surface area contributed by atoms with E-state index in [2.05, 4.69) is 26.3 Å². The lowest BCUT2D eigenvalue weighted by Crippen LogP contribution is -2.47. The fourth-order valence-corrected chi connectivity index (χ4v) is 6.20. The van der Waals surface area contributed by atoms with Crippen LogP contribution in [0, 0.1) is 12.7 Å². The molecule has 0 radical (unpaired) electrons. The summed E-state index contributed by atoms with van der Waals surface area (Å²) in [6, 6.07) is 18.5. The van der Waals surface area contributed by atoms with Gasteiger partial charge in [0, 0.05) is 47.1 Å². The number of aromatic nitrogens is 4. The van der Waals surface area contributed by atoms with Gasteiger partial charge >= 0.3 is 5.69 Å². The lowest BCUT2D eigenvalue weighted by Gasteiger charge is -2.34. The third kappa shape index (κ3) is 5.89. The molecule has 1 aliphatic heterocycles. The third-order valence-electron chi connectivity index (χ3n) is 8.62. The molecule has 1 unspecified atom stereocenters. The van der Waals surface area contributed by atoms with Crippen LogP contribution in [-0.2, 0) is 19.6 Å². The number of amides is 2. The highest BCUT2D eigenvalue weighted by Crippen LogP contribution is 2.29. The van der Waals surface area contributed by atoms with Gasteiger partial charge in [-0.25, -0.2) is 13.9 Å². The molecule has 10 nitrogen and oxygen atoms in total. The number of halogens is 2. The minimum absolute atomic E-state index is 0.0290. The Morgan fingerprint density at radius 1 is 1.09 bits per heavy atom. The predicted molar refractivity (Wildman–Crippen MR) is 177 cm³/mol. The first-order valence-electron chi connectivity index (χ1n) is 15.4. The number of aryl methyl sites for hydroxylation is 1. The van der Waals surface area contributed by atoms with Crippen LogP contribution in [0.1, 0.15) is 57.4 Å². The lowest BCUT2D eigenvalue weighted by atomic mass is 10.1. The largest absolute Gasteiger partial charge is 0.490 e. The molecular formula is C35H32BrFN6O4. The minimum Gasteiger partial charge on any atom is -0.490 e. The van der Waals surface area contributed by atoms with Gasteiger partial charge in [-0.15, -0.1) is 0 Å². The van der Waals surface area contributed by atoms with Crippen molar-refractivity contribution in [3.63, 3.8) is 0 Å². The molecular weight excluding hydrogens is 667 g/mol. The molecule has 1 aliphatic carbocycles. The molecule has 1 N–H and O–H groups in total. The van der Waals surface area contributed by atoms with Crippen LogP contribution >= 0.6 is 15.9 Å². The smallest absolute Gasteiger partial charge is 0.333 e. The number of rotatable bonds is 8. The number of benzene rings is 3. The van der Waals surface area contributed by atoms with Crippen LogP contribution in [0.15, 0.2) is 88.4 Å². The molecule has 47 heavy (non-hydrogen) atoms. The van der Waals surface area contributed by atoms with Crippen molar-refractivity contribution in [1.29, 1.82) is 0 Å². The molecule has 3 aromatic carbocycles. The molecule has 12 heteroatoms. The van der Waals surface area contributed by atoms with Crippen molar-refractivity contribution in [2.45, 2.75) is 58.5 Å². The number of carbonyl (C=O) groups excluding carboxylic acids is 2. The molecule has 2 aliphatic rings. The molecule has 1 atom stereocenters. The van der Waals surface area contributed by atoms with Crippen molar-refractivity contribution in [3.05, 3.63) is 128 Å². The van der Waals surface area contributed by atoms with Gasteiger partial charge in [0.15, 0.2) is 0 Å². The molecule has 5 aromatic rings. The van der Waals surface area contributed by atoms with Crippen LogP contribution in [0.3, 0.4) is 0 Å². The second kappa shape index (κ2) is 12.3. The SMILES string of the molecule is Cc1cc(C(=O)N2Cc3c(C(=O)NCc4c(F)cccc4-n4cccn4)n(-c4ccc(OC5CC5)cc4)c(=O)n3CC2C)ccc1Br. The molecule has 7 rings (SSSR count). The fourth-order valence-electron chi connectivity index (χ4n) is 5.96. The number of nitrogens with one attached hydrogen (secondary N) is 1. The number of hydrogen-bond donors (Lipinski definition) is 1. The van der Waals surface area contributed by atoms with Crippen molar-refractivity contribution >= 4 is 27.7 Å². The van der Waals surface area contributed by atoms with Gasteiger partial charge in [0.05, 0.1) is 29.7 Å². The van der Waals surface area contributed by atoms with Gasteiger partial charge in [-0.3, -0.25) is 18.7 Å². The van der Waals surface area contributed by atoms with Crippen LogP contribution < -0.4 is 15.7 Å². The van der Waals surface area contributed by atoms with Crippen LogP contribution in [0.4, 0.5) is 4.39 Å². The average Bonchev–Trinajstić information content (AvgIpc) is 3.61. The number of nitrogens with zero attached hydrogens (tertiary/aromatic N) is 5. The Labute approximate surface area is 278 Å². The first kappa shape index (κ1) is 30.7. The van der Waals surface area contributed by atoms with E-state index in [1.807, 2.05) is 26.0 Å². The molecule has 0 spiro atoms. The van der Waals surface area contributed by atoms with Gasteiger partial charge in [-0.1, -0.05) is 22.0 Å². The Balaban J connectivity index is 1.27. The Morgan fingerprint density at radius 3 is 2.57 bits per heavy atom. The summed E-state index contributed by atoms with van der Waals surface area (Å²) in [5, 5.41) is 7.07. The number of imidazole rings is 1. The summed E-state index contributed by atoms with van der Waals surface area (Å²) < 4.78 is 26.4. The van der Waals surface area contributed by atoms with Gasteiger partial charge in [0.25, 0.3) is 11.8 Å². The Bertz CT molecular complexity index is 2050. The van der Waals surface area contributed by atoms with Crippen LogP contribution in [0.5, 0.6) is 5.75 Å². The maximum atomic E-state index is 15.1. The molecule has 2 amide bonds. The van der Waals surface area contributed by atoms with Crippen LogP contribution in [0.2, 0.25) is 0 Å². The Kier molecular flexibility index (Phi) is 8.04. The summed E-state index contributed by atoms with van der Waals surface area (Å²) >= 11 is 3.49. The van der Waals surface area contributed by atoms with Gasteiger partial charge in [0.1, 0.15) is 17.3 Å². The van der Waals surface area contributed by atoms with E-state index < -0.39 is 17.4 Å². The molecule has 0 bridgehead atoms. The van der Waals surface area contributed by atoms with E-state index in [-0.39, 0.29) is 48.9 Å². The topological polar surface area (TPSA) is 103 Å². The summed E-state index contributed by atoms with van der Waals surface area (Å²) in [6.45, 7) is 3.86. The lowest BCUT2D eigenvalue weighted by molar-refractivity contribution is 0.0610. The predicted octanol–water partition coefficient (Wildman–Crippen LogP) is 5.55. The molecule has 2 aromatic heterocycles. The summed E-state index contributed by atoms with van der Waals surface area (Å²) in [5.41, 5.74) is 2.70. The Hall–Kier alpha value is -4.97. The minimum atomic E-state index is -0.578. The Morgan fingerprint density at radius 2 is 1.87 bits per heavy atom. The van der Waals surface area contributed by atoms with E-state index in [1.54, 1.807) is 70.4 Å². The quantitative estimate of drug-likeness (QED) is 0.229. The van der Waals surface area contributed by atoms with E-state index in [9.17, 15) is 14.4 Å². The van der Waals surface area contributed by atoms with E-state index in [4.69, 9.17) is 4.74 Å². The fraction of sp³-hybridized carbons (Fsp3) is 0.257. The van der Waals surface area contributed by atoms with Crippen molar-refractivity contribution in [3.8, 4) is 17.1 Å². The van der Waals surface area contributed by atoms with E-state index in [1.165, 1.54) is 15.3 Å². The summed E-state index contributed by atoms with van der Waals surface area (Å²) in [7, 11) is 0. The average molecular weight is 700 g/mol. The van der Waals surface area contributed by atoms with Crippen LogP contribution in [-0.4, -0.2) is 47.8 Å². The molecule has 3 heterocycles. The van der Waals surface area contributed by atoms with Crippen molar-refractivity contribution in [2.24, 2.45) is 0 Å². The van der Waals surface area contributed by atoms with Crippen molar-refractivity contribution in [1.82, 2.24) is 29.1 Å². The monoisotopic (exact) mass is 698 g/mol. The molecule has 240 valence electrons.